The topological polar surface area (TPSA) is 142 Å². The van der Waals surface area contributed by atoms with E-state index in [4.69, 9.17) is 14.9 Å². The minimum Gasteiger partial charge on any atom is -0.481 e. The molecule has 0 saturated carbocycles. The van der Waals surface area contributed by atoms with Gasteiger partial charge in [0.1, 0.15) is 0 Å². The summed E-state index contributed by atoms with van der Waals surface area (Å²) in [5, 5.41) is 22.6. The molecule has 0 unspecified atom stereocenters. The van der Waals surface area contributed by atoms with Crippen molar-refractivity contribution >= 4 is 23.8 Å². The van der Waals surface area contributed by atoms with Gasteiger partial charge in [-0.3, -0.25) is 19.2 Å². The zero-order valence-electron chi connectivity index (χ0n) is 16.6. The van der Waals surface area contributed by atoms with Crippen molar-refractivity contribution < 1.29 is 34.1 Å². The summed E-state index contributed by atoms with van der Waals surface area (Å²) >= 11 is 0. The number of hydrogen-bond donors (Lipinski definition) is 4. The molecule has 0 radical (unpaired) electrons. The van der Waals surface area contributed by atoms with Crippen molar-refractivity contribution in [1.82, 2.24) is 10.6 Å². The molecule has 9 nitrogen and oxygen atoms in total. The van der Waals surface area contributed by atoms with Gasteiger partial charge < -0.3 is 25.6 Å². The van der Waals surface area contributed by atoms with Gasteiger partial charge in [-0.2, -0.15) is 0 Å². The zero-order valence-corrected chi connectivity index (χ0v) is 16.6. The second-order valence-electron chi connectivity index (χ2n) is 7.68. The lowest BCUT2D eigenvalue weighted by atomic mass is 10.00. The van der Waals surface area contributed by atoms with Crippen molar-refractivity contribution in [3.05, 3.63) is 0 Å². The predicted octanol–water partition coefficient (Wildman–Crippen LogP) is 1.30. The average molecular weight is 388 g/mol. The molecule has 0 aliphatic carbocycles. The zero-order chi connectivity index (χ0) is 21.1. The fourth-order valence-electron chi connectivity index (χ4n) is 2.19. The fraction of sp³-hybridized carbons (Fsp3) is 0.778. The van der Waals surface area contributed by atoms with Gasteiger partial charge in [0, 0.05) is 31.5 Å². The molecule has 2 amide bonds. The van der Waals surface area contributed by atoms with Gasteiger partial charge in [-0.05, 0) is 40.5 Å². The van der Waals surface area contributed by atoms with E-state index in [9.17, 15) is 19.2 Å². The summed E-state index contributed by atoms with van der Waals surface area (Å²) in [4.78, 5) is 44.1. The van der Waals surface area contributed by atoms with Gasteiger partial charge in [0.05, 0.1) is 18.4 Å². The Balaban J connectivity index is 4.10. The maximum Gasteiger partial charge on any atom is 0.303 e. The third-order valence-electron chi connectivity index (χ3n) is 3.88. The van der Waals surface area contributed by atoms with Crippen molar-refractivity contribution in [2.45, 2.75) is 77.4 Å². The van der Waals surface area contributed by atoms with Crippen molar-refractivity contribution in [2.75, 3.05) is 13.2 Å². The van der Waals surface area contributed by atoms with E-state index in [-0.39, 0.29) is 37.5 Å². The van der Waals surface area contributed by atoms with Crippen LogP contribution >= 0.6 is 0 Å². The number of carboxylic acid groups (broad SMARTS) is 2. The molecule has 0 aliphatic rings. The second kappa shape index (κ2) is 11.5. The lowest BCUT2D eigenvalue weighted by Crippen LogP contribution is -2.45. The molecule has 0 aromatic heterocycles. The van der Waals surface area contributed by atoms with Crippen molar-refractivity contribution in [3.63, 3.8) is 0 Å². The highest BCUT2D eigenvalue weighted by atomic mass is 16.5. The molecule has 0 aliphatic heterocycles. The van der Waals surface area contributed by atoms with Crippen LogP contribution < -0.4 is 10.6 Å². The summed E-state index contributed by atoms with van der Waals surface area (Å²) in [6, 6.07) is 0. The SMILES string of the molecule is CC(C)(CCOC(C)(C)CCNC(=O)CCC(=O)O)NC(=O)CCC(=O)O. The van der Waals surface area contributed by atoms with Crippen LogP contribution in [-0.2, 0) is 23.9 Å². The number of carbonyl (C=O) groups is 4. The summed E-state index contributed by atoms with van der Waals surface area (Å²) in [5.74, 6) is -2.64. The largest absolute Gasteiger partial charge is 0.481 e. The molecule has 0 aromatic rings. The Kier molecular flexibility index (Phi) is 10.6. The van der Waals surface area contributed by atoms with Crippen molar-refractivity contribution in [1.29, 1.82) is 0 Å². The highest BCUT2D eigenvalue weighted by Crippen LogP contribution is 2.17. The summed E-state index contributed by atoms with van der Waals surface area (Å²) < 4.78 is 5.83. The quantitative estimate of drug-likeness (QED) is 0.351. The van der Waals surface area contributed by atoms with E-state index in [1.54, 1.807) is 0 Å². The van der Waals surface area contributed by atoms with Crippen molar-refractivity contribution in [2.24, 2.45) is 0 Å². The Labute approximate surface area is 159 Å². The summed E-state index contributed by atoms with van der Waals surface area (Å²) in [5.41, 5.74) is -1.03. The molecule has 0 bridgehead atoms. The molecule has 156 valence electrons. The Hall–Kier alpha value is -2.16. The molecule has 4 N–H and O–H groups in total. The monoisotopic (exact) mass is 388 g/mol. The predicted molar refractivity (Wildman–Crippen MR) is 98.2 cm³/mol. The van der Waals surface area contributed by atoms with Gasteiger partial charge >= 0.3 is 11.9 Å². The number of amides is 2. The van der Waals surface area contributed by atoms with Gasteiger partial charge in [0.15, 0.2) is 0 Å². The molecule has 0 fully saturated rings. The first kappa shape index (κ1) is 24.8. The molecule has 27 heavy (non-hydrogen) atoms. The van der Waals surface area contributed by atoms with E-state index in [0.717, 1.165) is 0 Å². The number of rotatable bonds is 14. The van der Waals surface area contributed by atoms with E-state index in [0.29, 0.717) is 26.0 Å². The van der Waals surface area contributed by atoms with E-state index in [1.807, 2.05) is 27.7 Å². The number of nitrogens with one attached hydrogen (secondary N) is 2. The summed E-state index contributed by atoms with van der Waals surface area (Å²) in [6.07, 6.45) is 0.582. The van der Waals surface area contributed by atoms with Gasteiger partial charge in [-0.1, -0.05) is 0 Å². The van der Waals surface area contributed by atoms with Crippen LogP contribution in [0.3, 0.4) is 0 Å². The van der Waals surface area contributed by atoms with Gasteiger partial charge in [-0.25, -0.2) is 0 Å². The first-order valence-corrected chi connectivity index (χ1v) is 8.98. The molecular formula is C18H32N2O7. The molecule has 0 spiro atoms. The Morgan fingerprint density at radius 2 is 1.33 bits per heavy atom. The summed E-state index contributed by atoms with van der Waals surface area (Å²) in [7, 11) is 0. The highest BCUT2D eigenvalue weighted by Gasteiger charge is 2.24. The van der Waals surface area contributed by atoms with Crippen LogP contribution in [0.4, 0.5) is 0 Å². The number of carboxylic acids is 2. The first-order chi connectivity index (χ1) is 12.3. The van der Waals surface area contributed by atoms with Crippen LogP contribution in [0.2, 0.25) is 0 Å². The van der Waals surface area contributed by atoms with E-state index >= 15 is 0 Å². The van der Waals surface area contributed by atoms with Crippen LogP contribution in [0.1, 0.15) is 66.2 Å². The smallest absolute Gasteiger partial charge is 0.303 e. The van der Waals surface area contributed by atoms with Gasteiger partial charge in [0.25, 0.3) is 0 Å². The second-order valence-corrected chi connectivity index (χ2v) is 7.68. The summed E-state index contributed by atoms with van der Waals surface area (Å²) in [6.45, 7) is 8.20. The van der Waals surface area contributed by atoms with Crippen LogP contribution in [-0.4, -0.2) is 58.3 Å². The van der Waals surface area contributed by atoms with Crippen LogP contribution in [0.15, 0.2) is 0 Å². The number of carbonyl (C=O) groups excluding carboxylic acids is 2. The minimum absolute atomic E-state index is 0.0492. The Bertz CT molecular complexity index is 530. The van der Waals surface area contributed by atoms with Gasteiger partial charge in [-0.15, -0.1) is 0 Å². The number of aliphatic carboxylic acids is 2. The molecule has 9 heteroatoms. The van der Waals surface area contributed by atoms with Crippen LogP contribution in [0, 0.1) is 0 Å². The third kappa shape index (κ3) is 14.7. The molecule has 0 saturated heterocycles. The molecule has 0 heterocycles. The highest BCUT2D eigenvalue weighted by molar-refractivity contribution is 5.81. The first-order valence-electron chi connectivity index (χ1n) is 8.98. The van der Waals surface area contributed by atoms with Crippen LogP contribution in [0.25, 0.3) is 0 Å². The van der Waals surface area contributed by atoms with Gasteiger partial charge in [0.2, 0.25) is 11.8 Å². The lowest BCUT2D eigenvalue weighted by molar-refractivity contribution is -0.139. The number of ether oxygens (including phenoxy) is 1. The molecule has 0 atom stereocenters. The standard InChI is InChI=1S/C18H32N2O7/c1-17(2,20-14(22)6-8-16(25)26)10-12-27-18(3,4)9-11-19-13(21)5-7-15(23)24/h5-12H2,1-4H3,(H,19,21)(H,20,22)(H,23,24)(H,25,26). The maximum atomic E-state index is 11.7. The van der Waals surface area contributed by atoms with E-state index in [1.165, 1.54) is 0 Å². The maximum absolute atomic E-state index is 11.7. The van der Waals surface area contributed by atoms with E-state index in [2.05, 4.69) is 10.6 Å². The van der Waals surface area contributed by atoms with E-state index < -0.39 is 23.1 Å². The average Bonchev–Trinajstić information content (AvgIpc) is 2.49. The number of hydrogen-bond acceptors (Lipinski definition) is 5. The molecule has 0 rings (SSSR count). The van der Waals surface area contributed by atoms with Crippen molar-refractivity contribution in [3.8, 4) is 0 Å². The third-order valence-corrected chi connectivity index (χ3v) is 3.88. The Morgan fingerprint density at radius 3 is 1.85 bits per heavy atom. The fourth-order valence-corrected chi connectivity index (χ4v) is 2.19. The van der Waals surface area contributed by atoms with Crippen LogP contribution in [0.5, 0.6) is 0 Å². The Morgan fingerprint density at radius 1 is 0.815 bits per heavy atom. The lowest BCUT2D eigenvalue weighted by Gasteiger charge is -2.30. The normalized spacial score (nSPS) is 11.7. The minimum atomic E-state index is -1.01. The molecular weight excluding hydrogens is 356 g/mol. The molecule has 0 aromatic carbocycles.